The van der Waals surface area contributed by atoms with E-state index in [0.717, 1.165) is 11.1 Å². The zero-order chi connectivity index (χ0) is 16.9. The molecule has 122 valence electrons. The molecule has 6 heteroatoms. The first-order valence-electron chi connectivity index (χ1n) is 7.34. The van der Waals surface area contributed by atoms with Gasteiger partial charge in [0.05, 0.1) is 17.0 Å². The fraction of sp³-hybridized carbons (Fsp3) is 0.235. The van der Waals surface area contributed by atoms with Gasteiger partial charge in [0.25, 0.3) is 5.91 Å². The maximum absolute atomic E-state index is 12.3. The Balaban J connectivity index is 2.11. The van der Waals surface area contributed by atoms with Crippen molar-refractivity contribution in [1.29, 1.82) is 0 Å². The first-order chi connectivity index (χ1) is 10.9. The van der Waals surface area contributed by atoms with Crippen molar-refractivity contribution >= 4 is 21.6 Å². The lowest BCUT2D eigenvalue weighted by Crippen LogP contribution is -2.25. The van der Waals surface area contributed by atoms with Gasteiger partial charge < -0.3 is 5.32 Å². The van der Waals surface area contributed by atoms with Gasteiger partial charge in [-0.05, 0) is 31.5 Å². The second kappa shape index (κ2) is 7.28. The minimum Gasteiger partial charge on any atom is -0.348 e. The number of para-hydroxylation sites is 1. The van der Waals surface area contributed by atoms with E-state index in [1.165, 1.54) is 0 Å². The van der Waals surface area contributed by atoms with E-state index >= 15 is 0 Å². The molecule has 0 atom stereocenters. The minimum atomic E-state index is -3.43. The number of hydrogen-bond donors (Lipinski definition) is 2. The number of aryl methyl sites for hydroxylation is 1. The largest absolute Gasteiger partial charge is 0.348 e. The minimum absolute atomic E-state index is 0.0493. The highest BCUT2D eigenvalue weighted by Crippen LogP contribution is 2.17. The highest BCUT2D eigenvalue weighted by molar-refractivity contribution is 7.92. The number of sulfonamides is 1. The molecule has 0 unspecified atom stereocenters. The van der Waals surface area contributed by atoms with Crippen LogP contribution in [0, 0.1) is 6.92 Å². The summed E-state index contributed by atoms with van der Waals surface area (Å²) in [6, 6.07) is 14.4. The van der Waals surface area contributed by atoms with Crippen LogP contribution in [0.2, 0.25) is 0 Å². The van der Waals surface area contributed by atoms with Crippen LogP contribution in [0.1, 0.15) is 28.4 Å². The molecular weight excluding hydrogens is 312 g/mol. The van der Waals surface area contributed by atoms with Crippen LogP contribution in [0.4, 0.5) is 5.69 Å². The average Bonchev–Trinajstić information content (AvgIpc) is 2.54. The normalized spacial score (nSPS) is 11.0. The van der Waals surface area contributed by atoms with Crippen molar-refractivity contribution in [2.24, 2.45) is 0 Å². The van der Waals surface area contributed by atoms with Crippen molar-refractivity contribution in [3.63, 3.8) is 0 Å². The Morgan fingerprint density at radius 3 is 2.35 bits per heavy atom. The number of carbonyl (C=O) groups excluding carboxylic acids is 1. The molecule has 0 radical (unpaired) electrons. The molecule has 0 saturated heterocycles. The van der Waals surface area contributed by atoms with Crippen molar-refractivity contribution in [3.8, 4) is 0 Å². The lowest BCUT2D eigenvalue weighted by Gasteiger charge is -2.12. The van der Waals surface area contributed by atoms with Gasteiger partial charge in [0.15, 0.2) is 0 Å². The first kappa shape index (κ1) is 17.0. The van der Waals surface area contributed by atoms with E-state index in [9.17, 15) is 13.2 Å². The van der Waals surface area contributed by atoms with E-state index in [1.54, 1.807) is 31.2 Å². The molecule has 0 spiro atoms. The second-order valence-electron chi connectivity index (χ2n) is 5.22. The Morgan fingerprint density at radius 1 is 1.04 bits per heavy atom. The van der Waals surface area contributed by atoms with E-state index in [1.807, 2.05) is 31.2 Å². The molecule has 2 aromatic rings. The fourth-order valence-corrected chi connectivity index (χ4v) is 2.65. The van der Waals surface area contributed by atoms with E-state index in [-0.39, 0.29) is 17.3 Å². The van der Waals surface area contributed by atoms with Gasteiger partial charge in [-0.3, -0.25) is 9.52 Å². The molecule has 2 N–H and O–H groups in total. The predicted octanol–water partition coefficient (Wildman–Crippen LogP) is 2.69. The Bertz CT molecular complexity index is 784. The number of hydrogen-bond acceptors (Lipinski definition) is 3. The Hall–Kier alpha value is -2.34. The van der Waals surface area contributed by atoms with Crippen molar-refractivity contribution in [1.82, 2.24) is 5.32 Å². The molecule has 0 heterocycles. The third-order valence-electron chi connectivity index (χ3n) is 3.39. The van der Waals surface area contributed by atoms with E-state index in [0.29, 0.717) is 12.1 Å². The maximum atomic E-state index is 12.3. The van der Waals surface area contributed by atoms with Crippen LogP contribution in [0.3, 0.4) is 0 Å². The van der Waals surface area contributed by atoms with Crippen molar-refractivity contribution < 1.29 is 13.2 Å². The summed E-state index contributed by atoms with van der Waals surface area (Å²) in [6.07, 6.45) is 0. The van der Waals surface area contributed by atoms with Crippen molar-refractivity contribution in [3.05, 3.63) is 65.2 Å². The smallest absolute Gasteiger partial charge is 0.253 e. The number of nitrogens with one attached hydrogen (secondary N) is 2. The molecule has 0 aliphatic rings. The van der Waals surface area contributed by atoms with Crippen LogP contribution in [0.15, 0.2) is 48.5 Å². The van der Waals surface area contributed by atoms with E-state index in [4.69, 9.17) is 0 Å². The van der Waals surface area contributed by atoms with Gasteiger partial charge in [0.2, 0.25) is 10.0 Å². The second-order valence-corrected chi connectivity index (χ2v) is 7.23. The number of carbonyl (C=O) groups is 1. The topological polar surface area (TPSA) is 75.3 Å². The zero-order valence-electron chi connectivity index (χ0n) is 13.2. The van der Waals surface area contributed by atoms with Gasteiger partial charge in [-0.15, -0.1) is 0 Å². The molecule has 0 aliphatic heterocycles. The summed E-state index contributed by atoms with van der Waals surface area (Å²) in [7, 11) is -3.43. The Morgan fingerprint density at radius 2 is 1.70 bits per heavy atom. The van der Waals surface area contributed by atoms with Gasteiger partial charge in [-0.25, -0.2) is 8.42 Å². The Kier molecular flexibility index (Phi) is 5.39. The molecule has 5 nitrogen and oxygen atoms in total. The summed E-state index contributed by atoms with van der Waals surface area (Å²) in [5.74, 6) is -0.369. The van der Waals surface area contributed by atoms with Gasteiger partial charge in [0, 0.05) is 6.54 Å². The molecule has 2 aromatic carbocycles. The molecule has 0 aliphatic carbocycles. The van der Waals surface area contributed by atoms with Crippen LogP contribution in [-0.4, -0.2) is 20.1 Å². The molecule has 0 saturated carbocycles. The lowest BCUT2D eigenvalue weighted by atomic mass is 10.1. The van der Waals surface area contributed by atoms with E-state index < -0.39 is 10.0 Å². The van der Waals surface area contributed by atoms with Crippen LogP contribution in [-0.2, 0) is 16.6 Å². The molecule has 0 aromatic heterocycles. The maximum Gasteiger partial charge on any atom is 0.253 e. The lowest BCUT2D eigenvalue weighted by molar-refractivity contribution is 0.0952. The third-order valence-corrected chi connectivity index (χ3v) is 4.68. The fourth-order valence-electron chi connectivity index (χ4n) is 1.99. The molecule has 0 bridgehead atoms. The summed E-state index contributed by atoms with van der Waals surface area (Å²) >= 11 is 0. The number of benzene rings is 2. The van der Waals surface area contributed by atoms with Gasteiger partial charge in [-0.1, -0.05) is 42.0 Å². The van der Waals surface area contributed by atoms with E-state index in [2.05, 4.69) is 10.0 Å². The SMILES string of the molecule is CCS(=O)(=O)Nc1ccccc1C(=O)NCc1ccc(C)cc1. The van der Waals surface area contributed by atoms with Gasteiger partial charge in [0.1, 0.15) is 0 Å². The van der Waals surface area contributed by atoms with Crippen LogP contribution in [0.25, 0.3) is 0 Å². The highest BCUT2D eigenvalue weighted by atomic mass is 32.2. The third kappa shape index (κ3) is 4.82. The molecule has 1 amide bonds. The van der Waals surface area contributed by atoms with Crippen LogP contribution in [0.5, 0.6) is 0 Å². The quantitative estimate of drug-likeness (QED) is 0.854. The first-order valence-corrected chi connectivity index (χ1v) is 9.00. The molecule has 2 rings (SSSR count). The molecular formula is C17H20N2O3S. The van der Waals surface area contributed by atoms with Gasteiger partial charge >= 0.3 is 0 Å². The summed E-state index contributed by atoms with van der Waals surface area (Å²) in [5.41, 5.74) is 2.72. The van der Waals surface area contributed by atoms with Crippen molar-refractivity contribution in [2.45, 2.75) is 20.4 Å². The summed E-state index contributed by atoms with van der Waals surface area (Å²) in [5, 5.41) is 2.81. The predicted molar refractivity (Wildman–Crippen MR) is 91.9 cm³/mol. The standard InChI is InChI=1S/C17H20N2O3S/c1-3-23(21,22)19-16-7-5-4-6-15(16)17(20)18-12-14-10-8-13(2)9-11-14/h4-11,19H,3,12H2,1-2H3,(H,18,20). The van der Waals surface area contributed by atoms with Gasteiger partial charge in [-0.2, -0.15) is 0 Å². The van der Waals surface area contributed by atoms with Crippen molar-refractivity contribution in [2.75, 3.05) is 10.5 Å². The highest BCUT2D eigenvalue weighted by Gasteiger charge is 2.14. The number of anilines is 1. The zero-order valence-corrected chi connectivity index (χ0v) is 14.0. The average molecular weight is 332 g/mol. The summed E-state index contributed by atoms with van der Waals surface area (Å²) in [6.45, 7) is 3.93. The molecule has 0 fully saturated rings. The molecule has 23 heavy (non-hydrogen) atoms. The Labute approximate surface area is 136 Å². The van der Waals surface area contributed by atoms with Crippen LogP contribution >= 0.6 is 0 Å². The number of amides is 1. The summed E-state index contributed by atoms with van der Waals surface area (Å²) in [4.78, 5) is 12.3. The number of rotatable bonds is 6. The summed E-state index contributed by atoms with van der Waals surface area (Å²) < 4.78 is 25.9. The van der Waals surface area contributed by atoms with Crippen LogP contribution < -0.4 is 10.0 Å². The monoisotopic (exact) mass is 332 g/mol.